The molecule has 0 radical (unpaired) electrons. The molecule has 0 bridgehead atoms. The van der Waals surface area contributed by atoms with Crippen LogP contribution in [0.1, 0.15) is 37.0 Å². The number of aromatic nitrogens is 3. The van der Waals surface area contributed by atoms with Gasteiger partial charge in [0.05, 0.1) is 21.9 Å². The number of rotatable bonds is 3. The van der Waals surface area contributed by atoms with Crippen molar-refractivity contribution in [1.29, 1.82) is 0 Å². The van der Waals surface area contributed by atoms with Crippen molar-refractivity contribution >= 4 is 56.6 Å². The van der Waals surface area contributed by atoms with Crippen molar-refractivity contribution in [2.24, 2.45) is 0 Å². The molecule has 0 spiro atoms. The molecular weight excluding hydrogens is 417 g/mol. The van der Waals surface area contributed by atoms with Gasteiger partial charge in [-0.2, -0.15) is 0 Å². The van der Waals surface area contributed by atoms with E-state index in [1.165, 1.54) is 3.57 Å². The lowest BCUT2D eigenvalue weighted by Gasteiger charge is -2.28. The molecule has 3 rings (SSSR count). The van der Waals surface area contributed by atoms with Gasteiger partial charge in [0, 0.05) is 15.1 Å². The van der Waals surface area contributed by atoms with Gasteiger partial charge in [-0.15, -0.1) is 22.9 Å². The quantitative estimate of drug-likeness (QED) is 0.422. The van der Waals surface area contributed by atoms with Crippen LogP contribution in [-0.2, 0) is 5.54 Å². The van der Waals surface area contributed by atoms with Gasteiger partial charge < -0.3 is 4.57 Å². The average molecular weight is 432 g/mol. The number of fused-ring (bicyclic) bond motifs is 1. The second-order valence-electron chi connectivity index (χ2n) is 5.45. The Hall–Kier alpha value is -0.660. The normalized spacial score (nSPS) is 13.8. The van der Waals surface area contributed by atoms with E-state index >= 15 is 0 Å². The van der Waals surface area contributed by atoms with Gasteiger partial charge >= 0.3 is 0 Å². The van der Waals surface area contributed by atoms with Gasteiger partial charge in [0.15, 0.2) is 0 Å². The Labute approximate surface area is 146 Å². The lowest BCUT2D eigenvalue weighted by atomic mass is 10.1. The highest BCUT2D eigenvalue weighted by molar-refractivity contribution is 14.1. The summed E-state index contributed by atoms with van der Waals surface area (Å²) in [6.07, 6.45) is 1.84. The van der Waals surface area contributed by atoms with Gasteiger partial charge in [-0.05, 0) is 61.6 Å². The topological polar surface area (TPSA) is 30.7 Å². The maximum absolute atomic E-state index is 6.38. The highest BCUT2D eigenvalue weighted by atomic mass is 127. The fourth-order valence-electron chi connectivity index (χ4n) is 2.55. The highest BCUT2D eigenvalue weighted by Gasteiger charge is 2.31. The van der Waals surface area contributed by atoms with Gasteiger partial charge in [0.2, 0.25) is 0 Å². The summed E-state index contributed by atoms with van der Waals surface area (Å²) in [5, 5.41) is 2.90. The third-order valence-electron chi connectivity index (χ3n) is 3.51. The Kier molecular flexibility index (Phi) is 4.00. The van der Waals surface area contributed by atoms with Crippen molar-refractivity contribution in [2.75, 3.05) is 0 Å². The molecule has 0 aliphatic rings. The Morgan fingerprint density at radius 3 is 2.76 bits per heavy atom. The van der Waals surface area contributed by atoms with E-state index in [1.54, 1.807) is 11.3 Å². The summed E-state index contributed by atoms with van der Waals surface area (Å²) in [5.41, 5.74) is 1.79. The van der Waals surface area contributed by atoms with E-state index in [0.29, 0.717) is 0 Å². The molecule has 0 aliphatic heterocycles. The molecule has 0 fully saturated rings. The molecule has 110 valence electrons. The first-order chi connectivity index (χ1) is 9.91. The smallest absolute Gasteiger partial charge is 0.128 e. The standard InChI is InChI=1S/C15H15ClIN3S/c1-9(16)13-19-11-8-10(17)4-5-12(11)20(13)15(2,3)14-18-6-7-21-14/h4-9H,1-3H3. The van der Waals surface area contributed by atoms with Crippen LogP contribution in [0.2, 0.25) is 0 Å². The first-order valence-corrected chi connectivity index (χ1v) is 9.03. The Morgan fingerprint density at radius 1 is 1.38 bits per heavy atom. The van der Waals surface area contributed by atoms with Crippen LogP contribution < -0.4 is 0 Å². The molecule has 21 heavy (non-hydrogen) atoms. The third-order valence-corrected chi connectivity index (χ3v) is 5.47. The number of benzene rings is 1. The van der Waals surface area contributed by atoms with Crippen LogP contribution >= 0.6 is 45.5 Å². The first-order valence-electron chi connectivity index (χ1n) is 6.63. The van der Waals surface area contributed by atoms with Crippen molar-refractivity contribution in [3.05, 3.63) is 44.2 Å². The summed E-state index contributed by atoms with van der Waals surface area (Å²) in [6, 6.07) is 6.30. The molecule has 0 saturated heterocycles. The van der Waals surface area contributed by atoms with E-state index in [4.69, 9.17) is 16.6 Å². The van der Waals surface area contributed by atoms with Gasteiger partial charge in [0.1, 0.15) is 10.8 Å². The van der Waals surface area contributed by atoms with Crippen LogP contribution in [0.25, 0.3) is 11.0 Å². The molecule has 2 aromatic heterocycles. The Balaban J connectivity index is 2.32. The van der Waals surface area contributed by atoms with Crippen molar-refractivity contribution in [3.8, 4) is 0 Å². The second kappa shape index (κ2) is 5.52. The maximum Gasteiger partial charge on any atom is 0.128 e. The predicted octanol–water partition coefficient (Wildman–Crippen LogP) is 5.18. The molecule has 1 unspecified atom stereocenters. The van der Waals surface area contributed by atoms with Gasteiger partial charge in [-0.3, -0.25) is 0 Å². The molecule has 0 aliphatic carbocycles. The zero-order valence-electron chi connectivity index (χ0n) is 12.0. The van der Waals surface area contributed by atoms with Crippen molar-refractivity contribution in [1.82, 2.24) is 14.5 Å². The van der Waals surface area contributed by atoms with E-state index < -0.39 is 0 Å². The number of nitrogens with zero attached hydrogens (tertiary/aromatic N) is 3. The fraction of sp³-hybridized carbons (Fsp3) is 0.333. The number of hydrogen-bond donors (Lipinski definition) is 0. The fourth-order valence-corrected chi connectivity index (χ4v) is 3.92. The molecule has 0 N–H and O–H groups in total. The van der Waals surface area contributed by atoms with Crippen LogP contribution in [0.4, 0.5) is 0 Å². The minimum atomic E-state index is -0.284. The summed E-state index contributed by atoms with van der Waals surface area (Å²) in [5.74, 6) is 0.883. The summed E-state index contributed by atoms with van der Waals surface area (Å²) < 4.78 is 3.39. The van der Waals surface area contributed by atoms with Crippen LogP contribution in [0, 0.1) is 3.57 Å². The molecule has 1 atom stereocenters. The Bertz CT molecular complexity index is 778. The largest absolute Gasteiger partial charge is 0.314 e. The molecule has 2 heterocycles. The van der Waals surface area contributed by atoms with Crippen LogP contribution in [0.5, 0.6) is 0 Å². The Morgan fingerprint density at radius 2 is 2.14 bits per heavy atom. The third kappa shape index (κ3) is 2.59. The number of hydrogen-bond acceptors (Lipinski definition) is 3. The van der Waals surface area contributed by atoms with E-state index in [0.717, 1.165) is 21.9 Å². The maximum atomic E-state index is 6.38. The minimum Gasteiger partial charge on any atom is -0.314 e. The van der Waals surface area contributed by atoms with Crippen molar-refractivity contribution in [3.63, 3.8) is 0 Å². The number of imidazole rings is 1. The van der Waals surface area contributed by atoms with Crippen molar-refractivity contribution < 1.29 is 0 Å². The summed E-state index contributed by atoms with van der Waals surface area (Å²) in [7, 11) is 0. The average Bonchev–Trinajstić information content (AvgIpc) is 3.05. The van der Waals surface area contributed by atoms with Gasteiger partial charge in [-0.1, -0.05) is 0 Å². The van der Waals surface area contributed by atoms with Gasteiger partial charge in [-0.25, -0.2) is 9.97 Å². The molecular formula is C15H15ClIN3S. The lowest BCUT2D eigenvalue weighted by Crippen LogP contribution is -2.29. The minimum absolute atomic E-state index is 0.158. The molecule has 6 heteroatoms. The lowest BCUT2D eigenvalue weighted by molar-refractivity contribution is 0.429. The van der Waals surface area contributed by atoms with Gasteiger partial charge in [0.25, 0.3) is 0 Å². The van der Waals surface area contributed by atoms with E-state index in [1.807, 2.05) is 18.5 Å². The molecule has 1 aromatic carbocycles. The number of halogens is 2. The predicted molar refractivity (Wildman–Crippen MR) is 97.3 cm³/mol. The number of thiazole rings is 1. The monoisotopic (exact) mass is 431 g/mol. The van der Waals surface area contributed by atoms with E-state index in [9.17, 15) is 0 Å². The van der Waals surface area contributed by atoms with Crippen LogP contribution in [0.3, 0.4) is 0 Å². The van der Waals surface area contributed by atoms with E-state index in [-0.39, 0.29) is 10.9 Å². The molecule has 3 nitrogen and oxygen atoms in total. The summed E-state index contributed by atoms with van der Waals surface area (Å²) >= 11 is 10.3. The highest BCUT2D eigenvalue weighted by Crippen LogP contribution is 2.36. The van der Waals surface area contributed by atoms with Crippen molar-refractivity contribution in [2.45, 2.75) is 31.7 Å². The number of alkyl halides is 1. The molecule has 3 aromatic rings. The molecule has 0 saturated carbocycles. The second-order valence-corrected chi connectivity index (χ2v) is 8.25. The summed E-state index contributed by atoms with van der Waals surface area (Å²) in [6.45, 7) is 6.28. The zero-order chi connectivity index (χ0) is 15.2. The van der Waals surface area contributed by atoms with Crippen LogP contribution in [-0.4, -0.2) is 14.5 Å². The summed E-state index contributed by atoms with van der Waals surface area (Å²) in [4.78, 5) is 9.25. The first kappa shape index (κ1) is 15.2. The molecule has 0 amide bonds. The zero-order valence-corrected chi connectivity index (χ0v) is 15.7. The SMILES string of the molecule is CC(Cl)c1nc2cc(I)ccc2n1C(C)(C)c1nccs1. The van der Waals surface area contributed by atoms with Crippen LogP contribution in [0.15, 0.2) is 29.8 Å². The van der Waals surface area contributed by atoms with E-state index in [2.05, 4.69) is 64.2 Å².